The van der Waals surface area contributed by atoms with Crippen LogP contribution in [0.3, 0.4) is 0 Å². The van der Waals surface area contributed by atoms with E-state index in [4.69, 9.17) is 0 Å². The smallest absolute Gasteiger partial charge is 0.246 e. The summed E-state index contributed by atoms with van der Waals surface area (Å²) in [6.45, 7) is 4.53. The van der Waals surface area contributed by atoms with Crippen molar-refractivity contribution in [2.75, 3.05) is 20.6 Å². The summed E-state index contributed by atoms with van der Waals surface area (Å²) in [5.41, 5.74) is 0.793. The second kappa shape index (κ2) is 7.34. The van der Waals surface area contributed by atoms with Crippen LogP contribution in [0.2, 0.25) is 0 Å². The Morgan fingerprint density at radius 3 is 2.78 bits per heavy atom. The van der Waals surface area contributed by atoms with Gasteiger partial charge in [-0.25, -0.2) is 0 Å². The molecule has 1 atom stereocenters. The van der Waals surface area contributed by atoms with Gasteiger partial charge < -0.3 is 10.2 Å². The number of carbonyl (C=O) groups excluding carboxylic acids is 1. The van der Waals surface area contributed by atoms with Gasteiger partial charge in [0, 0.05) is 17.0 Å². The summed E-state index contributed by atoms with van der Waals surface area (Å²) >= 11 is 1.72. The Balaban J connectivity index is 2.59. The molecule has 1 amide bonds. The van der Waals surface area contributed by atoms with Gasteiger partial charge in [-0.1, -0.05) is 19.1 Å². The van der Waals surface area contributed by atoms with E-state index >= 15 is 0 Å². The van der Waals surface area contributed by atoms with Crippen molar-refractivity contribution in [2.24, 2.45) is 0 Å². The van der Waals surface area contributed by atoms with Gasteiger partial charge in [0.05, 0.1) is 6.04 Å². The van der Waals surface area contributed by atoms with Crippen LogP contribution < -0.4 is 5.32 Å². The molecule has 1 rings (SSSR count). The third kappa shape index (κ3) is 4.27. The first-order valence-corrected chi connectivity index (χ1v) is 7.09. The predicted molar refractivity (Wildman–Crippen MR) is 77.8 cm³/mol. The summed E-state index contributed by atoms with van der Waals surface area (Å²) in [4.78, 5) is 15.2. The molecular weight excluding hydrogens is 244 g/mol. The minimum atomic E-state index is 0.0280. The highest BCUT2D eigenvalue weighted by Gasteiger charge is 2.16. The molecule has 0 aliphatic heterocycles. The van der Waals surface area contributed by atoms with Crippen molar-refractivity contribution in [1.82, 2.24) is 10.2 Å². The van der Waals surface area contributed by atoms with E-state index in [0.29, 0.717) is 6.54 Å². The minimum Gasteiger partial charge on any atom is -0.350 e. The predicted octanol–water partition coefficient (Wildman–Crippen LogP) is 2.82. The number of likely N-dealkylation sites (N-methyl/N-ethyl adjacent to an activating group) is 1. The first-order chi connectivity index (χ1) is 8.56. The standard InChI is InChI=1S/C14H22N2OS/c1-5-7-11(2)14(17)15-10-12(16(3)4)13-8-6-9-18-13/h6-9,12H,5,10H2,1-4H3,(H,15,17). The van der Waals surface area contributed by atoms with Gasteiger partial charge in [0.15, 0.2) is 0 Å². The van der Waals surface area contributed by atoms with Crippen molar-refractivity contribution in [3.63, 3.8) is 0 Å². The Bertz CT molecular complexity index is 396. The number of hydrogen-bond acceptors (Lipinski definition) is 3. The average molecular weight is 266 g/mol. The van der Waals surface area contributed by atoms with Gasteiger partial charge in [-0.2, -0.15) is 0 Å². The van der Waals surface area contributed by atoms with Crippen molar-refractivity contribution in [1.29, 1.82) is 0 Å². The van der Waals surface area contributed by atoms with Crippen LogP contribution in [-0.4, -0.2) is 31.4 Å². The normalized spacial score (nSPS) is 13.7. The van der Waals surface area contributed by atoms with Crippen molar-refractivity contribution in [3.8, 4) is 0 Å². The molecule has 0 fully saturated rings. The fourth-order valence-electron chi connectivity index (χ4n) is 1.75. The molecule has 1 heterocycles. The first kappa shape index (κ1) is 14.9. The lowest BCUT2D eigenvalue weighted by Crippen LogP contribution is -2.34. The maximum atomic E-state index is 11.8. The number of hydrogen-bond donors (Lipinski definition) is 1. The van der Waals surface area contributed by atoms with E-state index in [9.17, 15) is 4.79 Å². The zero-order chi connectivity index (χ0) is 13.5. The van der Waals surface area contributed by atoms with Crippen LogP contribution in [0, 0.1) is 0 Å². The number of amides is 1. The molecule has 0 bridgehead atoms. The van der Waals surface area contributed by atoms with Gasteiger partial charge in [0.25, 0.3) is 0 Å². The monoisotopic (exact) mass is 266 g/mol. The summed E-state index contributed by atoms with van der Waals surface area (Å²) < 4.78 is 0. The molecule has 3 nitrogen and oxygen atoms in total. The quantitative estimate of drug-likeness (QED) is 0.803. The third-order valence-corrected chi connectivity index (χ3v) is 3.79. The fourth-order valence-corrected chi connectivity index (χ4v) is 2.67. The molecule has 1 aromatic rings. The number of nitrogens with one attached hydrogen (secondary N) is 1. The van der Waals surface area contributed by atoms with Crippen molar-refractivity contribution >= 4 is 17.2 Å². The van der Waals surface area contributed by atoms with E-state index < -0.39 is 0 Å². The Morgan fingerprint density at radius 2 is 2.28 bits per heavy atom. The largest absolute Gasteiger partial charge is 0.350 e. The summed E-state index contributed by atoms with van der Waals surface area (Å²) in [5, 5.41) is 5.06. The van der Waals surface area contributed by atoms with Crippen LogP contribution in [0.25, 0.3) is 0 Å². The molecule has 0 radical (unpaired) electrons. The molecule has 1 unspecified atom stereocenters. The highest BCUT2D eigenvalue weighted by molar-refractivity contribution is 7.10. The van der Waals surface area contributed by atoms with E-state index in [-0.39, 0.29) is 11.9 Å². The van der Waals surface area contributed by atoms with E-state index in [1.165, 1.54) is 4.88 Å². The van der Waals surface area contributed by atoms with Gasteiger partial charge in [0.2, 0.25) is 5.91 Å². The second-order valence-electron chi connectivity index (χ2n) is 4.50. The zero-order valence-corrected chi connectivity index (χ0v) is 12.4. The zero-order valence-electron chi connectivity index (χ0n) is 11.6. The average Bonchev–Trinajstić information content (AvgIpc) is 2.82. The topological polar surface area (TPSA) is 32.3 Å². The van der Waals surface area contributed by atoms with Crippen molar-refractivity contribution in [2.45, 2.75) is 26.3 Å². The van der Waals surface area contributed by atoms with Crippen LogP contribution in [0.1, 0.15) is 31.2 Å². The minimum absolute atomic E-state index is 0.0280. The Kier molecular flexibility index (Phi) is 6.09. The molecule has 100 valence electrons. The number of nitrogens with zero attached hydrogens (tertiary/aromatic N) is 1. The molecule has 0 aromatic carbocycles. The van der Waals surface area contributed by atoms with Gasteiger partial charge in [-0.3, -0.25) is 4.79 Å². The summed E-state index contributed by atoms with van der Waals surface area (Å²) in [7, 11) is 4.07. The number of thiophene rings is 1. The lowest BCUT2D eigenvalue weighted by atomic mass is 10.2. The SMILES string of the molecule is CCC=C(C)C(=O)NCC(c1cccs1)N(C)C. The van der Waals surface area contributed by atoms with E-state index in [2.05, 4.69) is 21.7 Å². The van der Waals surface area contributed by atoms with Crippen molar-refractivity contribution in [3.05, 3.63) is 34.0 Å². The summed E-state index contributed by atoms with van der Waals surface area (Å²) in [6.07, 6.45) is 2.84. The van der Waals surface area contributed by atoms with E-state index in [1.807, 2.05) is 40.1 Å². The maximum absolute atomic E-state index is 11.8. The lowest BCUT2D eigenvalue weighted by Gasteiger charge is -2.23. The van der Waals surface area contributed by atoms with E-state index in [0.717, 1.165) is 12.0 Å². The Hall–Kier alpha value is -1.13. The molecule has 0 saturated carbocycles. The van der Waals surface area contributed by atoms with Crippen LogP contribution >= 0.6 is 11.3 Å². The third-order valence-electron chi connectivity index (χ3n) is 2.82. The van der Waals surface area contributed by atoms with Gasteiger partial charge in [-0.15, -0.1) is 11.3 Å². The molecule has 0 aliphatic carbocycles. The summed E-state index contributed by atoms with van der Waals surface area (Å²) in [6, 6.07) is 4.39. The highest BCUT2D eigenvalue weighted by atomic mass is 32.1. The molecule has 4 heteroatoms. The molecule has 1 aromatic heterocycles. The Labute approximate surface area is 114 Å². The fraction of sp³-hybridized carbons (Fsp3) is 0.500. The molecule has 0 saturated heterocycles. The van der Waals surface area contributed by atoms with Crippen LogP contribution in [0.15, 0.2) is 29.2 Å². The van der Waals surface area contributed by atoms with Gasteiger partial charge in [-0.05, 0) is 38.9 Å². The number of allylic oxidation sites excluding steroid dienone is 1. The lowest BCUT2D eigenvalue weighted by molar-refractivity contribution is -0.117. The maximum Gasteiger partial charge on any atom is 0.246 e. The summed E-state index contributed by atoms with van der Waals surface area (Å²) in [5.74, 6) is 0.0280. The first-order valence-electron chi connectivity index (χ1n) is 6.21. The van der Waals surface area contributed by atoms with Crippen LogP contribution in [0.5, 0.6) is 0 Å². The second-order valence-corrected chi connectivity index (χ2v) is 5.48. The van der Waals surface area contributed by atoms with Gasteiger partial charge >= 0.3 is 0 Å². The van der Waals surface area contributed by atoms with E-state index in [1.54, 1.807) is 11.3 Å². The highest BCUT2D eigenvalue weighted by Crippen LogP contribution is 2.22. The molecule has 0 spiro atoms. The molecule has 18 heavy (non-hydrogen) atoms. The Morgan fingerprint density at radius 1 is 1.56 bits per heavy atom. The van der Waals surface area contributed by atoms with Gasteiger partial charge in [0.1, 0.15) is 0 Å². The molecule has 1 N–H and O–H groups in total. The van der Waals surface area contributed by atoms with Crippen molar-refractivity contribution < 1.29 is 4.79 Å². The molecule has 0 aliphatic rings. The number of carbonyl (C=O) groups is 1. The molecular formula is C14H22N2OS. The van der Waals surface area contributed by atoms with Crippen LogP contribution in [0.4, 0.5) is 0 Å². The van der Waals surface area contributed by atoms with Crippen LogP contribution in [-0.2, 0) is 4.79 Å². The number of rotatable bonds is 6.